The first-order chi connectivity index (χ1) is 6.56. The summed E-state index contributed by atoms with van der Waals surface area (Å²) < 4.78 is 8.09. The fourth-order valence-corrected chi connectivity index (χ4v) is 5.23. The first kappa shape index (κ1) is 13.2. The highest BCUT2D eigenvalue weighted by Crippen LogP contribution is 2.23. The largest absolute Gasteiger partial charge is 0.467 e. The van der Waals surface area contributed by atoms with E-state index in [1.807, 2.05) is 12.1 Å². The summed E-state index contributed by atoms with van der Waals surface area (Å²) in [5.74, 6) is -0.204. The van der Waals surface area contributed by atoms with Crippen molar-refractivity contribution in [2.24, 2.45) is 0 Å². The molecule has 14 heavy (non-hydrogen) atoms. The molecule has 0 heterocycles. The minimum absolute atomic E-state index is 0.204. The average molecular weight is 544 g/mol. The van der Waals surface area contributed by atoms with Gasteiger partial charge in [-0.2, -0.15) is 0 Å². The Hall–Kier alpha value is 1.10. The van der Waals surface area contributed by atoms with Crippen molar-refractivity contribution in [1.82, 2.24) is 0 Å². The van der Waals surface area contributed by atoms with Gasteiger partial charge in [0.15, 0.2) is 0 Å². The lowest BCUT2D eigenvalue weighted by atomic mass is 10.2. The summed E-state index contributed by atoms with van der Waals surface area (Å²) in [5, 5.41) is 0. The molecule has 0 saturated heterocycles. The number of halogens is 3. The van der Waals surface area contributed by atoms with Crippen molar-refractivity contribution in [3.63, 3.8) is 0 Å². The van der Waals surface area contributed by atoms with Gasteiger partial charge in [0, 0.05) is 10.7 Å². The Balaban J connectivity index is 3.14. The second kappa shape index (κ2) is 5.99. The maximum absolute atomic E-state index is 11.6. The number of hydrogen-bond acceptors (Lipinski definition) is 2. The molecule has 0 aliphatic rings. The Labute approximate surface area is 126 Å². The Morgan fingerprint density at radius 3 is 2.21 bits per heavy atom. The van der Waals surface area contributed by atoms with Gasteiger partial charge in [-0.15, -0.1) is 0 Å². The van der Waals surface area contributed by atoms with Gasteiger partial charge in [0.2, 0.25) is 0 Å². The van der Waals surface area contributed by atoms with Crippen molar-refractivity contribution < 1.29 is 9.53 Å². The number of benzene rings is 1. The van der Waals surface area contributed by atoms with Crippen LogP contribution in [0.3, 0.4) is 0 Å². The van der Waals surface area contributed by atoms with Crippen LogP contribution in [-0.4, -0.2) is 22.4 Å². The molecule has 0 amide bonds. The van der Waals surface area contributed by atoms with Gasteiger partial charge in [-0.05, 0) is 79.9 Å². The van der Waals surface area contributed by atoms with Crippen molar-refractivity contribution >= 4 is 84.0 Å². The summed E-state index contributed by atoms with van der Waals surface area (Å²) in [5.41, 5.74) is 0.697. The third-order valence-electron chi connectivity index (χ3n) is 1.49. The maximum Gasteiger partial charge on any atom is 0.339 e. The van der Waals surface area contributed by atoms with Crippen LogP contribution in [0.5, 0.6) is 0 Å². The van der Waals surface area contributed by atoms with E-state index in [-0.39, 0.29) is 5.97 Å². The maximum atomic E-state index is 11.6. The van der Waals surface area contributed by atoms with Crippen molar-refractivity contribution in [3.8, 4) is 0 Å². The normalized spacial score (nSPS) is 10.2. The monoisotopic (exact) mass is 544 g/mol. The molecule has 6 heteroatoms. The Bertz CT molecular complexity index is 345. The molecule has 0 radical (unpaired) electrons. The van der Waals surface area contributed by atoms with Gasteiger partial charge in [-0.1, -0.05) is 0 Å². The fraction of sp³-hybridized carbons (Fsp3) is 0.125. The number of esters is 1. The Kier molecular flexibility index (Phi) is 5.63. The standard InChI is InChI=1S/C8H7I3O2Si/c9-4-1-5(10)7(6(11)2-4)8(12)13-3-14/h1-2H,3H2,14H3. The second-order valence-electron chi connectivity index (χ2n) is 2.46. The summed E-state index contributed by atoms with van der Waals surface area (Å²) in [6.07, 6.45) is 0.553. The van der Waals surface area contributed by atoms with E-state index in [0.717, 1.165) is 21.0 Å². The molecule has 0 aliphatic heterocycles. The van der Waals surface area contributed by atoms with Gasteiger partial charge < -0.3 is 4.74 Å². The fourth-order valence-electron chi connectivity index (χ4n) is 0.940. The summed E-state index contributed by atoms with van der Waals surface area (Å²) >= 11 is 6.57. The highest BCUT2D eigenvalue weighted by Gasteiger charge is 2.15. The lowest BCUT2D eigenvalue weighted by molar-refractivity contribution is 0.0571. The van der Waals surface area contributed by atoms with Crippen molar-refractivity contribution in [3.05, 3.63) is 28.4 Å². The third-order valence-corrected chi connectivity index (χ3v) is 4.10. The molecule has 2 nitrogen and oxygen atoms in total. The number of hydrogen-bond donors (Lipinski definition) is 0. The summed E-state index contributed by atoms with van der Waals surface area (Å²) in [7, 11) is 0.883. The molecule has 0 spiro atoms. The number of carbonyl (C=O) groups excluding carboxylic acids is 1. The first-order valence-corrected chi connectivity index (χ1v) is 8.53. The van der Waals surface area contributed by atoms with Crippen LogP contribution < -0.4 is 0 Å². The number of rotatable bonds is 2. The van der Waals surface area contributed by atoms with E-state index in [9.17, 15) is 4.79 Å². The lowest BCUT2D eigenvalue weighted by Crippen LogP contribution is -2.10. The van der Waals surface area contributed by atoms with E-state index in [0.29, 0.717) is 11.8 Å². The molecule has 0 aliphatic carbocycles. The lowest BCUT2D eigenvalue weighted by Gasteiger charge is -2.07. The van der Waals surface area contributed by atoms with Crippen LogP contribution in [-0.2, 0) is 4.74 Å². The molecule has 0 N–H and O–H groups in total. The molecule has 0 bridgehead atoms. The van der Waals surface area contributed by atoms with E-state index in [4.69, 9.17) is 4.74 Å². The van der Waals surface area contributed by atoms with E-state index < -0.39 is 0 Å². The van der Waals surface area contributed by atoms with Crippen LogP contribution in [0.4, 0.5) is 0 Å². The average Bonchev–Trinajstić information content (AvgIpc) is 2.01. The van der Waals surface area contributed by atoms with Crippen LogP contribution in [0, 0.1) is 10.7 Å². The zero-order valence-electron chi connectivity index (χ0n) is 7.31. The van der Waals surface area contributed by atoms with Gasteiger partial charge >= 0.3 is 5.97 Å². The van der Waals surface area contributed by atoms with Crippen LogP contribution in [0.2, 0.25) is 0 Å². The third kappa shape index (κ3) is 3.30. The number of ether oxygens (including phenoxy) is 1. The smallest absolute Gasteiger partial charge is 0.339 e. The molecule has 0 fully saturated rings. The summed E-state index contributed by atoms with van der Waals surface area (Å²) in [6, 6.07) is 3.96. The highest BCUT2D eigenvalue weighted by molar-refractivity contribution is 14.1. The zero-order chi connectivity index (χ0) is 10.7. The van der Waals surface area contributed by atoms with Gasteiger partial charge in [-0.3, -0.25) is 0 Å². The SMILES string of the molecule is O=C(OC[SiH3])c1c(I)cc(I)cc1I. The molecule has 1 rings (SSSR count). The quantitative estimate of drug-likeness (QED) is 0.324. The second-order valence-corrected chi connectivity index (χ2v) is 6.61. The van der Waals surface area contributed by atoms with Crippen LogP contribution in [0.25, 0.3) is 0 Å². The van der Waals surface area contributed by atoms with Crippen LogP contribution >= 0.6 is 67.8 Å². The van der Waals surface area contributed by atoms with E-state index in [2.05, 4.69) is 67.8 Å². The topological polar surface area (TPSA) is 26.3 Å². The van der Waals surface area contributed by atoms with Crippen LogP contribution in [0.1, 0.15) is 10.4 Å². The van der Waals surface area contributed by atoms with Gasteiger partial charge in [0.1, 0.15) is 0 Å². The molecule has 1 aromatic rings. The Morgan fingerprint density at radius 2 is 1.79 bits per heavy atom. The molecule has 0 unspecified atom stereocenters. The molecular weight excluding hydrogens is 537 g/mol. The number of carbonyl (C=O) groups is 1. The molecule has 0 aromatic heterocycles. The molecule has 0 atom stereocenters. The molecule has 1 aromatic carbocycles. The van der Waals surface area contributed by atoms with Crippen molar-refractivity contribution in [2.75, 3.05) is 6.23 Å². The first-order valence-electron chi connectivity index (χ1n) is 3.88. The van der Waals surface area contributed by atoms with Gasteiger partial charge in [-0.25, -0.2) is 4.79 Å². The van der Waals surface area contributed by atoms with Gasteiger partial charge in [0.05, 0.1) is 22.0 Å². The highest BCUT2D eigenvalue weighted by atomic mass is 127. The molecular formula is C8H7I3O2Si. The minimum atomic E-state index is -0.204. The van der Waals surface area contributed by atoms with Crippen molar-refractivity contribution in [1.29, 1.82) is 0 Å². The zero-order valence-corrected chi connectivity index (χ0v) is 15.8. The summed E-state index contributed by atoms with van der Waals surface area (Å²) in [4.78, 5) is 11.6. The molecule has 76 valence electrons. The predicted octanol–water partition coefficient (Wildman–Crippen LogP) is 1.98. The van der Waals surface area contributed by atoms with E-state index >= 15 is 0 Å². The predicted molar refractivity (Wildman–Crippen MR) is 84.8 cm³/mol. The van der Waals surface area contributed by atoms with Crippen molar-refractivity contribution in [2.45, 2.75) is 0 Å². The van der Waals surface area contributed by atoms with E-state index in [1.165, 1.54) is 0 Å². The summed E-state index contributed by atoms with van der Waals surface area (Å²) in [6.45, 7) is 0. The molecule has 0 saturated carbocycles. The van der Waals surface area contributed by atoms with Crippen LogP contribution in [0.15, 0.2) is 12.1 Å². The Morgan fingerprint density at radius 1 is 1.29 bits per heavy atom. The van der Waals surface area contributed by atoms with Gasteiger partial charge in [0.25, 0.3) is 0 Å². The van der Waals surface area contributed by atoms with E-state index in [1.54, 1.807) is 0 Å². The minimum Gasteiger partial charge on any atom is -0.467 e.